The van der Waals surface area contributed by atoms with Gasteiger partial charge in [0.15, 0.2) is 0 Å². The summed E-state index contributed by atoms with van der Waals surface area (Å²) in [5.74, 6) is 1.36. The molecule has 2 aromatic carbocycles. The summed E-state index contributed by atoms with van der Waals surface area (Å²) in [5.41, 5.74) is 5.66. The van der Waals surface area contributed by atoms with E-state index in [1.807, 2.05) is 12.1 Å². The number of fused-ring (bicyclic) bond motifs is 1. The van der Waals surface area contributed by atoms with E-state index in [1.54, 1.807) is 12.1 Å². The molecule has 2 aliphatic heterocycles. The molecule has 170 valence electrons. The van der Waals surface area contributed by atoms with Gasteiger partial charge in [-0.2, -0.15) is 0 Å². The number of hydrogen-bond donors (Lipinski definition) is 2. The maximum Gasteiger partial charge on any atom is 0.120 e. The number of carbonyl (C=O) groups excluding carboxylic acids is 1. The number of carbonyl (C=O) groups is 1. The number of nitrogens with one attached hydrogen (secondary N) is 1. The smallest absolute Gasteiger partial charge is 0.120 e. The van der Waals surface area contributed by atoms with Crippen LogP contribution >= 0.6 is 24.8 Å². The Morgan fingerprint density at radius 1 is 1.03 bits per heavy atom. The first kappa shape index (κ1) is 25.7. The van der Waals surface area contributed by atoms with Gasteiger partial charge in [-0.1, -0.05) is 30.3 Å². The molecule has 2 heterocycles. The molecule has 4 nitrogen and oxygen atoms in total. The lowest BCUT2D eigenvalue weighted by Gasteiger charge is -2.39. The summed E-state index contributed by atoms with van der Waals surface area (Å²) < 4.78 is 0. The van der Waals surface area contributed by atoms with Crippen LogP contribution in [0.25, 0.3) is 0 Å². The standard InChI is InChI=1S/C25H32N2O2.2ClH/c28-15-1-2-21-11-14-27(17-19-3-7-24(29)8-4-19)18-25(21)23-6-5-20-9-12-26-13-10-22(20)16-23;;/h3-8,15-16,21,25-26,29H,1-2,9-14,17-18H2;2*1H. The van der Waals surface area contributed by atoms with Gasteiger partial charge in [-0.25, -0.2) is 0 Å². The van der Waals surface area contributed by atoms with E-state index in [0.29, 0.717) is 24.0 Å². The van der Waals surface area contributed by atoms with Crippen LogP contribution in [0.15, 0.2) is 42.5 Å². The predicted molar refractivity (Wildman–Crippen MR) is 131 cm³/mol. The van der Waals surface area contributed by atoms with Crippen LogP contribution in [0.1, 0.15) is 47.4 Å². The fraction of sp³-hybridized carbons (Fsp3) is 0.480. The zero-order valence-electron chi connectivity index (χ0n) is 18.0. The van der Waals surface area contributed by atoms with Gasteiger partial charge in [-0.15, -0.1) is 24.8 Å². The highest BCUT2D eigenvalue weighted by atomic mass is 35.5. The molecule has 1 fully saturated rings. The van der Waals surface area contributed by atoms with Crippen molar-refractivity contribution in [3.8, 4) is 5.75 Å². The van der Waals surface area contributed by atoms with Crippen molar-refractivity contribution in [3.05, 3.63) is 64.7 Å². The van der Waals surface area contributed by atoms with Crippen molar-refractivity contribution in [2.75, 3.05) is 26.2 Å². The minimum atomic E-state index is 0. The molecular weight excluding hydrogens is 431 g/mol. The van der Waals surface area contributed by atoms with Crippen LogP contribution in [0.3, 0.4) is 0 Å². The molecule has 4 rings (SSSR count). The lowest BCUT2D eigenvalue weighted by atomic mass is 9.77. The van der Waals surface area contributed by atoms with Crippen LogP contribution in [0, 0.1) is 5.92 Å². The Kier molecular flexibility index (Phi) is 10.3. The van der Waals surface area contributed by atoms with Gasteiger partial charge in [-0.05, 0) is 91.5 Å². The fourth-order valence-corrected chi connectivity index (χ4v) is 5.00. The van der Waals surface area contributed by atoms with E-state index >= 15 is 0 Å². The Bertz CT molecular complexity index is 829. The number of hydrogen-bond acceptors (Lipinski definition) is 4. The average Bonchev–Trinajstić information content (AvgIpc) is 2.99. The van der Waals surface area contributed by atoms with E-state index in [9.17, 15) is 9.90 Å². The minimum Gasteiger partial charge on any atom is -0.508 e. The van der Waals surface area contributed by atoms with Gasteiger partial charge in [0.25, 0.3) is 0 Å². The second-order valence-corrected chi connectivity index (χ2v) is 8.58. The first-order valence-electron chi connectivity index (χ1n) is 11.0. The van der Waals surface area contributed by atoms with Gasteiger partial charge in [0.2, 0.25) is 0 Å². The number of likely N-dealkylation sites (tertiary alicyclic amines) is 1. The van der Waals surface area contributed by atoms with E-state index in [4.69, 9.17) is 0 Å². The zero-order valence-corrected chi connectivity index (χ0v) is 19.6. The SMILES string of the molecule is Cl.Cl.O=CCCC1CCN(Cc2ccc(O)cc2)CC1c1ccc2c(c1)CCNCC2. The molecule has 0 amide bonds. The molecule has 0 aliphatic carbocycles. The summed E-state index contributed by atoms with van der Waals surface area (Å²) in [6, 6.07) is 14.7. The molecule has 2 atom stereocenters. The number of benzene rings is 2. The third kappa shape index (κ3) is 6.69. The monoisotopic (exact) mass is 464 g/mol. The topological polar surface area (TPSA) is 52.6 Å². The summed E-state index contributed by atoms with van der Waals surface area (Å²) in [6.07, 6.45) is 6.07. The average molecular weight is 465 g/mol. The van der Waals surface area contributed by atoms with Crippen LogP contribution in [0.2, 0.25) is 0 Å². The number of nitrogens with zero attached hydrogens (tertiary/aromatic N) is 1. The lowest BCUT2D eigenvalue weighted by molar-refractivity contribution is -0.108. The van der Waals surface area contributed by atoms with Gasteiger partial charge >= 0.3 is 0 Å². The van der Waals surface area contributed by atoms with E-state index in [-0.39, 0.29) is 24.8 Å². The third-order valence-electron chi connectivity index (χ3n) is 6.64. The van der Waals surface area contributed by atoms with Gasteiger partial charge in [0.1, 0.15) is 12.0 Å². The summed E-state index contributed by atoms with van der Waals surface area (Å²) in [6.45, 7) is 5.13. The second-order valence-electron chi connectivity index (χ2n) is 8.58. The molecular formula is C25H34Cl2N2O2. The molecule has 2 N–H and O–H groups in total. The van der Waals surface area contributed by atoms with Crippen LogP contribution in [0.5, 0.6) is 5.75 Å². The van der Waals surface area contributed by atoms with Crippen molar-refractivity contribution in [1.82, 2.24) is 10.2 Å². The molecule has 31 heavy (non-hydrogen) atoms. The van der Waals surface area contributed by atoms with Gasteiger partial charge in [-0.3, -0.25) is 4.90 Å². The summed E-state index contributed by atoms with van der Waals surface area (Å²) in [4.78, 5) is 13.5. The maximum absolute atomic E-state index is 11.0. The molecule has 0 spiro atoms. The third-order valence-corrected chi connectivity index (χ3v) is 6.64. The molecule has 0 saturated carbocycles. The summed E-state index contributed by atoms with van der Waals surface area (Å²) in [7, 11) is 0. The van der Waals surface area contributed by atoms with Crippen LogP contribution in [-0.2, 0) is 24.2 Å². The highest BCUT2D eigenvalue weighted by molar-refractivity contribution is 5.85. The Morgan fingerprint density at radius 3 is 2.52 bits per heavy atom. The molecule has 2 aliphatic rings. The maximum atomic E-state index is 11.0. The van der Waals surface area contributed by atoms with Gasteiger partial charge in [0, 0.05) is 19.5 Å². The highest BCUT2D eigenvalue weighted by Gasteiger charge is 2.30. The van der Waals surface area contributed by atoms with Crippen molar-refractivity contribution in [2.45, 2.75) is 44.6 Å². The number of phenols is 1. The molecule has 0 radical (unpaired) electrons. The van der Waals surface area contributed by atoms with Crippen molar-refractivity contribution in [3.63, 3.8) is 0 Å². The minimum absolute atomic E-state index is 0. The van der Waals surface area contributed by atoms with E-state index in [2.05, 4.69) is 28.4 Å². The quantitative estimate of drug-likeness (QED) is 0.617. The Labute approximate surface area is 198 Å². The van der Waals surface area contributed by atoms with Crippen molar-refractivity contribution >= 4 is 31.1 Å². The van der Waals surface area contributed by atoms with E-state index < -0.39 is 0 Å². The number of aromatic hydroxyl groups is 1. The lowest BCUT2D eigenvalue weighted by Crippen LogP contribution is -2.39. The van der Waals surface area contributed by atoms with E-state index in [1.165, 1.54) is 22.3 Å². The molecule has 0 bridgehead atoms. The van der Waals surface area contributed by atoms with Crippen LogP contribution in [-0.4, -0.2) is 42.5 Å². The number of piperidine rings is 1. The molecule has 2 unspecified atom stereocenters. The Balaban J connectivity index is 0.00000171. The first-order valence-corrected chi connectivity index (χ1v) is 11.0. The highest BCUT2D eigenvalue weighted by Crippen LogP contribution is 2.37. The van der Waals surface area contributed by atoms with Gasteiger partial charge in [0.05, 0.1) is 0 Å². The molecule has 1 saturated heterocycles. The predicted octanol–water partition coefficient (Wildman–Crippen LogP) is 4.51. The Hall–Kier alpha value is -1.59. The second kappa shape index (κ2) is 12.4. The summed E-state index contributed by atoms with van der Waals surface area (Å²) in [5, 5.41) is 13.0. The van der Waals surface area contributed by atoms with E-state index in [0.717, 1.165) is 64.7 Å². The van der Waals surface area contributed by atoms with Crippen molar-refractivity contribution < 1.29 is 9.90 Å². The molecule has 6 heteroatoms. The van der Waals surface area contributed by atoms with Crippen molar-refractivity contribution in [1.29, 1.82) is 0 Å². The number of aldehydes is 1. The normalized spacial score (nSPS) is 21.2. The van der Waals surface area contributed by atoms with Crippen LogP contribution in [0.4, 0.5) is 0 Å². The van der Waals surface area contributed by atoms with Crippen molar-refractivity contribution in [2.24, 2.45) is 5.92 Å². The number of halogens is 2. The Morgan fingerprint density at radius 2 is 1.77 bits per heavy atom. The first-order chi connectivity index (χ1) is 14.2. The largest absolute Gasteiger partial charge is 0.508 e. The summed E-state index contributed by atoms with van der Waals surface area (Å²) >= 11 is 0. The molecule has 0 aromatic heterocycles. The van der Waals surface area contributed by atoms with Crippen LogP contribution < -0.4 is 5.32 Å². The number of phenolic OH excluding ortho intramolecular Hbond substituents is 1. The zero-order chi connectivity index (χ0) is 20.1. The fourth-order valence-electron chi connectivity index (χ4n) is 5.00. The molecule has 2 aromatic rings. The number of rotatable bonds is 6. The van der Waals surface area contributed by atoms with Gasteiger partial charge < -0.3 is 15.2 Å².